The fourth-order valence-electron chi connectivity index (χ4n) is 2.74. The van der Waals surface area contributed by atoms with E-state index < -0.39 is 0 Å². The Kier molecular flexibility index (Phi) is 3.85. The number of benzene rings is 1. The molecule has 4 rings (SSSR count). The van der Waals surface area contributed by atoms with Gasteiger partial charge in [-0.25, -0.2) is 4.68 Å². The summed E-state index contributed by atoms with van der Waals surface area (Å²) >= 11 is 0. The van der Waals surface area contributed by atoms with Crippen LogP contribution >= 0.6 is 0 Å². The zero-order valence-electron chi connectivity index (χ0n) is 13.8. The van der Waals surface area contributed by atoms with Gasteiger partial charge in [0.2, 0.25) is 0 Å². The van der Waals surface area contributed by atoms with Crippen LogP contribution in [0.15, 0.2) is 42.9 Å². The summed E-state index contributed by atoms with van der Waals surface area (Å²) in [5.74, 6) is 1.93. The zero-order valence-corrected chi connectivity index (χ0v) is 13.8. The van der Waals surface area contributed by atoms with Crippen molar-refractivity contribution in [2.75, 3.05) is 17.2 Å². The van der Waals surface area contributed by atoms with Gasteiger partial charge in [0, 0.05) is 25.8 Å². The highest BCUT2D eigenvalue weighted by Crippen LogP contribution is 2.24. The minimum Gasteiger partial charge on any atom is -0.454 e. The van der Waals surface area contributed by atoms with Gasteiger partial charge in [-0.05, 0) is 30.7 Å². The van der Waals surface area contributed by atoms with Crippen molar-refractivity contribution in [3.63, 3.8) is 0 Å². The number of ether oxygens (including phenoxy) is 1. The molecule has 1 aliphatic heterocycles. The first-order chi connectivity index (χ1) is 12.2. The van der Waals surface area contributed by atoms with E-state index in [1.807, 2.05) is 11.7 Å². The Morgan fingerprint density at radius 1 is 1.20 bits per heavy atom. The van der Waals surface area contributed by atoms with Crippen molar-refractivity contribution in [2.45, 2.75) is 13.0 Å². The first-order valence-corrected chi connectivity index (χ1v) is 8.06. The third-order valence-electron chi connectivity index (χ3n) is 3.95. The average Bonchev–Trinajstić information content (AvgIpc) is 3.23. The third-order valence-corrected chi connectivity index (χ3v) is 3.95. The molecule has 8 heteroatoms. The summed E-state index contributed by atoms with van der Waals surface area (Å²) < 4.78 is 9.18. The lowest BCUT2D eigenvalue weighted by Crippen LogP contribution is -2.20. The van der Waals surface area contributed by atoms with E-state index in [0.717, 1.165) is 25.3 Å². The van der Waals surface area contributed by atoms with Crippen molar-refractivity contribution < 1.29 is 9.53 Å². The van der Waals surface area contributed by atoms with Crippen molar-refractivity contribution >= 4 is 17.4 Å². The number of aromatic nitrogens is 4. The lowest BCUT2D eigenvalue weighted by atomic mass is 10.2. The fraction of sp³-hybridized carbons (Fsp3) is 0.235. The normalized spacial score (nSPS) is 13.0. The molecule has 0 unspecified atom stereocenters. The van der Waals surface area contributed by atoms with E-state index in [4.69, 9.17) is 4.74 Å². The van der Waals surface area contributed by atoms with Crippen LogP contribution in [0.25, 0.3) is 0 Å². The van der Waals surface area contributed by atoms with Crippen LogP contribution < -0.4 is 15.4 Å². The van der Waals surface area contributed by atoms with Gasteiger partial charge in [0.05, 0.1) is 18.6 Å². The van der Waals surface area contributed by atoms with Gasteiger partial charge in [-0.2, -0.15) is 10.2 Å². The molecule has 0 aliphatic carbocycles. The molecular formula is C17H18N6O2. The number of aryl methyl sites for hydroxylation is 2. The summed E-state index contributed by atoms with van der Waals surface area (Å²) in [7, 11) is 1.83. The second kappa shape index (κ2) is 6.31. The third kappa shape index (κ3) is 3.18. The molecule has 2 N–H and O–H groups in total. The maximum atomic E-state index is 12.5. The molecule has 2 aromatic heterocycles. The van der Waals surface area contributed by atoms with Crippen molar-refractivity contribution in [3.8, 4) is 11.5 Å². The van der Waals surface area contributed by atoms with Gasteiger partial charge in [-0.3, -0.25) is 9.48 Å². The maximum absolute atomic E-state index is 12.5. The van der Waals surface area contributed by atoms with E-state index in [1.54, 1.807) is 47.5 Å². The van der Waals surface area contributed by atoms with E-state index in [1.165, 1.54) is 0 Å². The molecule has 0 radical (unpaired) electrons. The molecule has 128 valence electrons. The van der Waals surface area contributed by atoms with Crippen molar-refractivity contribution in [1.29, 1.82) is 0 Å². The minimum absolute atomic E-state index is 0.184. The molecule has 25 heavy (non-hydrogen) atoms. The number of nitrogens with zero attached hydrogens (tertiary/aromatic N) is 4. The molecule has 0 atom stereocenters. The molecule has 1 amide bonds. The second-order valence-electron chi connectivity index (χ2n) is 5.84. The smallest absolute Gasteiger partial charge is 0.261 e. The van der Waals surface area contributed by atoms with Crippen LogP contribution in [0.2, 0.25) is 0 Å². The molecule has 3 heterocycles. The van der Waals surface area contributed by atoms with Gasteiger partial charge in [-0.1, -0.05) is 0 Å². The Morgan fingerprint density at radius 2 is 2.04 bits per heavy atom. The highest BCUT2D eigenvalue weighted by molar-refractivity contribution is 6.07. The van der Waals surface area contributed by atoms with Crippen LogP contribution in [0.3, 0.4) is 0 Å². The van der Waals surface area contributed by atoms with E-state index in [9.17, 15) is 4.79 Å². The lowest BCUT2D eigenvalue weighted by Gasteiger charge is -2.16. The number of amides is 1. The summed E-state index contributed by atoms with van der Waals surface area (Å²) in [6.45, 7) is 1.68. The molecule has 0 saturated carbocycles. The van der Waals surface area contributed by atoms with Crippen molar-refractivity contribution in [3.05, 3.63) is 48.4 Å². The van der Waals surface area contributed by atoms with Crippen LogP contribution in [0.1, 0.15) is 16.8 Å². The Balaban J connectivity index is 1.44. The summed E-state index contributed by atoms with van der Waals surface area (Å²) in [5, 5.41) is 14.4. The van der Waals surface area contributed by atoms with Gasteiger partial charge >= 0.3 is 0 Å². The number of carbonyl (C=O) groups excluding carboxylic acids is 1. The molecule has 3 aromatic rings. The molecule has 0 fully saturated rings. The number of hydrogen-bond acceptors (Lipinski definition) is 5. The zero-order chi connectivity index (χ0) is 17.2. The summed E-state index contributed by atoms with van der Waals surface area (Å²) in [6.07, 6.45) is 6.04. The van der Waals surface area contributed by atoms with E-state index >= 15 is 0 Å². The molecule has 0 saturated heterocycles. The van der Waals surface area contributed by atoms with Gasteiger partial charge < -0.3 is 15.4 Å². The molecule has 0 bridgehead atoms. The summed E-state index contributed by atoms with van der Waals surface area (Å²) in [6, 6.07) is 7.20. The average molecular weight is 338 g/mol. The number of carbonyl (C=O) groups is 1. The van der Waals surface area contributed by atoms with E-state index in [-0.39, 0.29) is 5.91 Å². The monoisotopic (exact) mass is 338 g/mol. The quantitative estimate of drug-likeness (QED) is 0.763. The Labute approximate surface area is 144 Å². The first-order valence-electron chi connectivity index (χ1n) is 8.06. The van der Waals surface area contributed by atoms with E-state index in [0.29, 0.717) is 22.7 Å². The second-order valence-corrected chi connectivity index (χ2v) is 5.84. The topological polar surface area (TPSA) is 86.0 Å². The highest BCUT2D eigenvalue weighted by Gasteiger charge is 2.19. The van der Waals surface area contributed by atoms with Gasteiger partial charge in [0.25, 0.3) is 5.91 Å². The Morgan fingerprint density at radius 3 is 2.80 bits per heavy atom. The molecule has 1 aliphatic rings. The van der Waals surface area contributed by atoms with E-state index in [2.05, 4.69) is 20.8 Å². The molecule has 0 spiro atoms. The number of fused-ring (bicyclic) bond motifs is 1. The van der Waals surface area contributed by atoms with Crippen molar-refractivity contribution in [1.82, 2.24) is 19.6 Å². The SMILES string of the molecule is Cn1cc(Oc2ccc(NC(=O)c3cnn4c3NCCC4)cc2)cn1. The van der Waals surface area contributed by atoms with Crippen LogP contribution in [0, 0.1) is 0 Å². The van der Waals surface area contributed by atoms with Crippen LogP contribution in [-0.4, -0.2) is 32.0 Å². The first kappa shape index (κ1) is 15.3. The molecule has 8 nitrogen and oxygen atoms in total. The van der Waals surface area contributed by atoms with Crippen LogP contribution in [0.5, 0.6) is 11.5 Å². The predicted molar refractivity (Wildman–Crippen MR) is 93.0 cm³/mol. The standard InChI is InChI=1S/C17H18N6O2/c1-22-11-14(9-19-22)25-13-5-3-12(4-6-13)21-17(24)15-10-20-23-8-2-7-18-16(15)23/h3-6,9-11,18H,2,7-8H2,1H3,(H,21,24). The van der Waals surface area contributed by atoms with Crippen LogP contribution in [-0.2, 0) is 13.6 Å². The number of anilines is 2. The molecular weight excluding hydrogens is 320 g/mol. The summed E-state index contributed by atoms with van der Waals surface area (Å²) in [4.78, 5) is 12.5. The number of nitrogens with one attached hydrogen (secondary N) is 2. The Hall–Kier alpha value is -3.29. The number of rotatable bonds is 4. The largest absolute Gasteiger partial charge is 0.454 e. The predicted octanol–water partition coefficient (Wildman–Crippen LogP) is 2.48. The summed E-state index contributed by atoms with van der Waals surface area (Å²) in [5.41, 5.74) is 1.25. The fourth-order valence-corrected chi connectivity index (χ4v) is 2.74. The van der Waals surface area contributed by atoms with Crippen LogP contribution in [0.4, 0.5) is 11.5 Å². The number of hydrogen-bond donors (Lipinski definition) is 2. The highest BCUT2D eigenvalue weighted by atomic mass is 16.5. The Bertz CT molecular complexity index is 896. The molecule has 1 aromatic carbocycles. The minimum atomic E-state index is -0.184. The maximum Gasteiger partial charge on any atom is 0.261 e. The van der Waals surface area contributed by atoms with Crippen molar-refractivity contribution in [2.24, 2.45) is 7.05 Å². The lowest BCUT2D eigenvalue weighted by molar-refractivity contribution is 0.102. The van der Waals surface area contributed by atoms with Gasteiger partial charge in [0.1, 0.15) is 17.1 Å². The van der Waals surface area contributed by atoms with Gasteiger partial charge in [0.15, 0.2) is 5.75 Å². The van der Waals surface area contributed by atoms with Gasteiger partial charge in [-0.15, -0.1) is 0 Å².